The number of halogens is 1. The van der Waals surface area contributed by atoms with Crippen molar-refractivity contribution in [2.24, 2.45) is 5.73 Å². The lowest BCUT2D eigenvalue weighted by Crippen LogP contribution is -2.13. The fraction of sp³-hybridized carbons (Fsp3) is 0.0714. The third-order valence-electron chi connectivity index (χ3n) is 2.83. The van der Waals surface area contributed by atoms with E-state index < -0.39 is 10.7 Å². The molecule has 0 aliphatic heterocycles. The zero-order chi connectivity index (χ0) is 15.6. The van der Waals surface area contributed by atoms with Crippen LogP contribution >= 0.6 is 0 Å². The number of aryl methyl sites for hydroxylation is 1. The van der Waals surface area contributed by atoms with Gasteiger partial charge in [0.05, 0.1) is 10.5 Å². The minimum absolute atomic E-state index is 0.0348. The summed E-state index contributed by atoms with van der Waals surface area (Å²) in [6.45, 7) is 1.65. The molecule has 21 heavy (non-hydrogen) atoms. The third kappa shape index (κ3) is 2.97. The number of nitro groups is 1. The molecule has 0 heterocycles. The molecule has 0 atom stereocenters. The lowest BCUT2D eigenvalue weighted by Gasteiger charge is -2.12. The summed E-state index contributed by atoms with van der Waals surface area (Å²) in [5.41, 5.74) is 5.74. The van der Waals surface area contributed by atoms with Gasteiger partial charge in [-0.15, -0.1) is 0 Å². The Morgan fingerprint density at radius 1 is 1.38 bits per heavy atom. The summed E-state index contributed by atoms with van der Waals surface area (Å²) in [5.74, 6) is -0.842. The lowest BCUT2D eigenvalue weighted by molar-refractivity contribution is -0.385. The molecule has 0 bridgehead atoms. The van der Waals surface area contributed by atoms with E-state index in [1.165, 1.54) is 18.2 Å². The first-order valence-electron chi connectivity index (χ1n) is 5.96. The summed E-state index contributed by atoms with van der Waals surface area (Å²) in [6.07, 6.45) is 0. The van der Waals surface area contributed by atoms with Gasteiger partial charge in [0.1, 0.15) is 17.4 Å². The quantitative estimate of drug-likeness (QED) is 0.390. The van der Waals surface area contributed by atoms with E-state index in [0.717, 1.165) is 12.1 Å². The molecule has 6 nitrogen and oxygen atoms in total. The van der Waals surface area contributed by atoms with E-state index in [9.17, 15) is 14.5 Å². The Bertz CT molecular complexity index is 731. The summed E-state index contributed by atoms with van der Waals surface area (Å²) in [6, 6.07) is 7.95. The number of nitro benzene ring substituents is 1. The van der Waals surface area contributed by atoms with Crippen molar-refractivity contribution in [1.29, 1.82) is 5.41 Å². The van der Waals surface area contributed by atoms with Crippen molar-refractivity contribution in [3.8, 4) is 11.5 Å². The minimum atomic E-state index is -0.577. The SMILES string of the molecule is Cc1cccc([N+](=O)[O-])c1Oc1ccc(F)cc1C(=N)N. The van der Waals surface area contributed by atoms with Gasteiger partial charge in [0.15, 0.2) is 0 Å². The molecule has 2 rings (SSSR count). The minimum Gasteiger partial charge on any atom is -0.449 e. The fourth-order valence-corrected chi connectivity index (χ4v) is 1.83. The van der Waals surface area contributed by atoms with E-state index in [1.54, 1.807) is 13.0 Å². The molecule has 0 unspecified atom stereocenters. The Hall–Kier alpha value is -2.96. The molecule has 0 amide bonds. The van der Waals surface area contributed by atoms with Crippen molar-refractivity contribution in [2.45, 2.75) is 6.92 Å². The lowest BCUT2D eigenvalue weighted by atomic mass is 10.1. The number of benzene rings is 2. The van der Waals surface area contributed by atoms with Crippen molar-refractivity contribution in [3.63, 3.8) is 0 Å². The summed E-state index contributed by atoms with van der Waals surface area (Å²) >= 11 is 0. The van der Waals surface area contributed by atoms with Gasteiger partial charge in [-0.25, -0.2) is 4.39 Å². The van der Waals surface area contributed by atoms with Crippen LogP contribution in [0.1, 0.15) is 11.1 Å². The molecule has 3 N–H and O–H groups in total. The zero-order valence-corrected chi connectivity index (χ0v) is 11.1. The highest BCUT2D eigenvalue weighted by molar-refractivity contribution is 5.97. The topological polar surface area (TPSA) is 102 Å². The van der Waals surface area contributed by atoms with Crippen molar-refractivity contribution < 1.29 is 14.1 Å². The van der Waals surface area contributed by atoms with Crippen molar-refractivity contribution in [1.82, 2.24) is 0 Å². The number of nitrogens with one attached hydrogen (secondary N) is 1. The smallest absolute Gasteiger partial charge is 0.311 e. The number of amidine groups is 1. The van der Waals surface area contributed by atoms with Crippen LogP contribution in [-0.4, -0.2) is 10.8 Å². The van der Waals surface area contributed by atoms with Gasteiger partial charge in [-0.1, -0.05) is 12.1 Å². The third-order valence-corrected chi connectivity index (χ3v) is 2.83. The Balaban J connectivity index is 2.53. The van der Waals surface area contributed by atoms with E-state index in [-0.39, 0.29) is 28.6 Å². The highest BCUT2D eigenvalue weighted by Gasteiger charge is 2.19. The first kappa shape index (κ1) is 14.4. The molecule has 0 fully saturated rings. The molecular weight excluding hydrogens is 277 g/mol. The van der Waals surface area contributed by atoms with E-state index in [1.807, 2.05) is 0 Å². The average Bonchev–Trinajstić information content (AvgIpc) is 2.42. The number of nitrogen functional groups attached to an aromatic ring is 1. The Kier molecular flexibility index (Phi) is 3.84. The molecule has 0 aliphatic rings. The van der Waals surface area contributed by atoms with Crippen molar-refractivity contribution >= 4 is 11.5 Å². The molecule has 0 radical (unpaired) electrons. The zero-order valence-electron chi connectivity index (χ0n) is 11.1. The number of hydrogen-bond acceptors (Lipinski definition) is 4. The maximum Gasteiger partial charge on any atom is 0.311 e. The highest BCUT2D eigenvalue weighted by Crippen LogP contribution is 2.35. The first-order chi connectivity index (χ1) is 9.90. The largest absolute Gasteiger partial charge is 0.449 e. The predicted octanol–water partition coefficient (Wildman–Crippen LogP) is 3.12. The Morgan fingerprint density at radius 2 is 2.10 bits per heavy atom. The van der Waals surface area contributed by atoms with Crippen LogP contribution in [0.2, 0.25) is 0 Å². The number of ether oxygens (including phenoxy) is 1. The summed E-state index contributed by atoms with van der Waals surface area (Å²) in [5, 5.41) is 18.5. The van der Waals surface area contributed by atoms with Gasteiger partial charge < -0.3 is 10.5 Å². The van der Waals surface area contributed by atoms with Gasteiger partial charge in [0, 0.05) is 6.07 Å². The highest BCUT2D eigenvalue weighted by atomic mass is 19.1. The first-order valence-corrected chi connectivity index (χ1v) is 5.96. The van der Waals surface area contributed by atoms with Gasteiger partial charge in [0.25, 0.3) is 0 Å². The Morgan fingerprint density at radius 3 is 2.71 bits per heavy atom. The van der Waals surface area contributed by atoms with Crippen LogP contribution in [0.5, 0.6) is 11.5 Å². The second kappa shape index (κ2) is 5.58. The van der Waals surface area contributed by atoms with E-state index in [0.29, 0.717) is 5.56 Å². The molecular formula is C14H12FN3O3. The van der Waals surface area contributed by atoms with Crippen LogP contribution in [0, 0.1) is 28.3 Å². The van der Waals surface area contributed by atoms with Crippen LogP contribution in [0.4, 0.5) is 10.1 Å². The molecule has 0 saturated heterocycles. The standard InChI is InChI=1S/C14H12FN3O3/c1-8-3-2-4-11(18(19)20)13(8)21-12-6-5-9(15)7-10(12)14(16)17/h2-7H,1H3,(H3,16,17). The molecule has 0 spiro atoms. The number of rotatable bonds is 4. The maximum absolute atomic E-state index is 13.2. The molecule has 0 aromatic heterocycles. The van der Waals surface area contributed by atoms with E-state index in [2.05, 4.69) is 0 Å². The summed E-state index contributed by atoms with van der Waals surface area (Å²) in [4.78, 5) is 10.5. The van der Waals surface area contributed by atoms with Crippen LogP contribution in [-0.2, 0) is 0 Å². The van der Waals surface area contributed by atoms with Crippen LogP contribution < -0.4 is 10.5 Å². The van der Waals surface area contributed by atoms with Gasteiger partial charge in [-0.2, -0.15) is 0 Å². The van der Waals surface area contributed by atoms with Gasteiger partial charge in [0.2, 0.25) is 5.75 Å². The molecule has 2 aromatic carbocycles. The number of para-hydroxylation sites is 1. The number of nitrogens with two attached hydrogens (primary N) is 1. The molecule has 0 aliphatic carbocycles. The van der Waals surface area contributed by atoms with Crippen molar-refractivity contribution in [2.75, 3.05) is 0 Å². The van der Waals surface area contributed by atoms with E-state index >= 15 is 0 Å². The molecule has 108 valence electrons. The molecule has 7 heteroatoms. The predicted molar refractivity (Wildman–Crippen MR) is 75.3 cm³/mol. The van der Waals surface area contributed by atoms with Crippen LogP contribution in [0.15, 0.2) is 36.4 Å². The van der Waals surface area contributed by atoms with Crippen LogP contribution in [0.25, 0.3) is 0 Å². The normalized spacial score (nSPS) is 10.2. The van der Waals surface area contributed by atoms with Gasteiger partial charge in [-0.05, 0) is 30.7 Å². The van der Waals surface area contributed by atoms with Crippen molar-refractivity contribution in [3.05, 3.63) is 63.5 Å². The van der Waals surface area contributed by atoms with Gasteiger partial charge >= 0.3 is 5.69 Å². The number of hydrogen-bond donors (Lipinski definition) is 2. The summed E-state index contributed by atoms with van der Waals surface area (Å²) < 4.78 is 18.7. The number of nitrogens with zero attached hydrogens (tertiary/aromatic N) is 1. The maximum atomic E-state index is 13.2. The molecule has 0 saturated carbocycles. The Labute approximate surface area is 119 Å². The second-order valence-electron chi connectivity index (χ2n) is 4.34. The second-order valence-corrected chi connectivity index (χ2v) is 4.34. The van der Waals surface area contributed by atoms with Gasteiger partial charge in [-0.3, -0.25) is 15.5 Å². The van der Waals surface area contributed by atoms with Crippen LogP contribution in [0.3, 0.4) is 0 Å². The van der Waals surface area contributed by atoms with E-state index in [4.69, 9.17) is 15.9 Å². The molecule has 2 aromatic rings. The monoisotopic (exact) mass is 289 g/mol. The summed E-state index contributed by atoms with van der Waals surface area (Å²) in [7, 11) is 0. The average molecular weight is 289 g/mol. The fourth-order valence-electron chi connectivity index (χ4n) is 1.83.